The summed E-state index contributed by atoms with van der Waals surface area (Å²) < 4.78 is 11.6. The van der Waals surface area contributed by atoms with Gasteiger partial charge in [0.25, 0.3) is 5.91 Å². The van der Waals surface area contributed by atoms with Crippen LogP contribution in [0.1, 0.15) is 36.3 Å². The van der Waals surface area contributed by atoms with E-state index in [0.29, 0.717) is 19.0 Å². The average Bonchev–Trinajstić information content (AvgIpc) is 3.27. The Morgan fingerprint density at radius 1 is 1.42 bits per heavy atom. The third-order valence-corrected chi connectivity index (χ3v) is 5.84. The number of aliphatic hydroxyl groups excluding tert-OH is 1. The van der Waals surface area contributed by atoms with Gasteiger partial charge in [0.05, 0.1) is 42.0 Å². The second-order valence-corrected chi connectivity index (χ2v) is 7.13. The fourth-order valence-electron chi connectivity index (χ4n) is 4.47. The van der Waals surface area contributed by atoms with Crippen molar-refractivity contribution >= 4 is 16.9 Å². The van der Waals surface area contributed by atoms with Crippen molar-refractivity contribution in [1.29, 1.82) is 0 Å². The molecule has 0 spiro atoms. The number of benzene rings is 1. The van der Waals surface area contributed by atoms with E-state index in [1.165, 1.54) is 0 Å². The van der Waals surface area contributed by atoms with Crippen LogP contribution in [0.3, 0.4) is 0 Å². The van der Waals surface area contributed by atoms with Crippen molar-refractivity contribution in [3.8, 4) is 0 Å². The van der Waals surface area contributed by atoms with E-state index >= 15 is 0 Å². The number of hydrogen-bond donors (Lipinski definition) is 2. The molecule has 2 aromatic rings. The van der Waals surface area contributed by atoms with E-state index in [0.717, 1.165) is 36.7 Å². The zero-order chi connectivity index (χ0) is 18.1. The van der Waals surface area contributed by atoms with Crippen molar-refractivity contribution in [2.24, 2.45) is 0 Å². The predicted molar refractivity (Wildman–Crippen MR) is 96.0 cm³/mol. The van der Waals surface area contributed by atoms with Crippen molar-refractivity contribution in [1.82, 2.24) is 14.9 Å². The number of aliphatic hydroxyl groups is 1. The molecule has 7 heteroatoms. The fourth-order valence-corrected chi connectivity index (χ4v) is 4.47. The van der Waals surface area contributed by atoms with E-state index in [1.54, 1.807) is 7.11 Å². The van der Waals surface area contributed by atoms with Gasteiger partial charge in [0, 0.05) is 13.7 Å². The van der Waals surface area contributed by atoms with Crippen LogP contribution in [0.25, 0.3) is 11.0 Å². The lowest BCUT2D eigenvalue weighted by Gasteiger charge is -2.43. The first-order chi connectivity index (χ1) is 12.7. The summed E-state index contributed by atoms with van der Waals surface area (Å²) in [6.07, 6.45) is 3.33. The Labute approximate surface area is 152 Å². The summed E-state index contributed by atoms with van der Waals surface area (Å²) >= 11 is 0. The Morgan fingerprint density at radius 3 is 3.04 bits per heavy atom. The molecule has 7 nitrogen and oxygen atoms in total. The SMILES string of the molecule is CO[C@@]12CC[C@@H](OCCO)C[C@@H]1N(C(=O)c1nc3ccccc3[nH]1)CC2. The minimum atomic E-state index is -0.305. The number of amides is 1. The minimum absolute atomic E-state index is 0.0121. The average molecular weight is 359 g/mol. The molecule has 1 aliphatic carbocycles. The zero-order valence-electron chi connectivity index (χ0n) is 15.0. The molecule has 4 rings (SSSR count). The number of carbonyl (C=O) groups is 1. The van der Waals surface area contributed by atoms with Gasteiger partial charge in [-0.15, -0.1) is 0 Å². The predicted octanol–water partition coefficient (Wildman–Crippen LogP) is 1.72. The Balaban J connectivity index is 1.57. The Bertz CT molecular complexity index is 759. The summed E-state index contributed by atoms with van der Waals surface area (Å²) in [6.45, 7) is 0.994. The molecule has 140 valence electrons. The smallest absolute Gasteiger partial charge is 0.290 e. The highest BCUT2D eigenvalue weighted by Crippen LogP contribution is 2.43. The molecule has 1 aromatic carbocycles. The van der Waals surface area contributed by atoms with E-state index in [1.807, 2.05) is 29.2 Å². The summed E-state index contributed by atoms with van der Waals surface area (Å²) in [5, 5.41) is 9.01. The largest absolute Gasteiger partial charge is 0.394 e. The number of rotatable bonds is 5. The van der Waals surface area contributed by atoms with Gasteiger partial charge < -0.3 is 24.5 Å². The van der Waals surface area contributed by atoms with Crippen molar-refractivity contribution in [2.45, 2.75) is 43.4 Å². The van der Waals surface area contributed by atoms with Crippen LogP contribution < -0.4 is 0 Å². The number of imidazole rings is 1. The highest BCUT2D eigenvalue weighted by molar-refractivity contribution is 5.94. The molecule has 0 bridgehead atoms. The van der Waals surface area contributed by atoms with Crippen LogP contribution >= 0.6 is 0 Å². The molecule has 1 aliphatic heterocycles. The summed E-state index contributed by atoms with van der Waals surface area (Å²) in [5.74, 6) is 0.282. The van der Waals surface area contributed by atoms with Gasteiger partial charge >= 0.3 is 0 Å². The quantitative estimate of drug-likeness (QED) is 0.849. The standard InChI is InChI=1S/C19H25N3O4/c1-25-19-7-6-13(26-11-10-23)12-16(19)22(9-8-19)18(24)17-20-14-4-2-3-5-15(14)21-17/h2-5,13,16,23H,6-12H2,1H3,(H,20,21)/t13-,16+,19-/m1/s1. The maximum atomic E-state index is 13.1. The van der Waals surface area contributed by atoms with Gasteiger partial charge in [0.2, 0.25) is 0 Å². The first kappa shape index (κ1) is 17.5. The molecule has 1 saturated heterocycles. The van der Waals surface area contributed by atoms with E-state index in [-0.39, 0.29) is 30.3 Å². The summed E-state index contributed by atoms with van der Waals surface area (Å²) in [4.78, 5) is 22.6. The third-order valence-electron chi connectivity index (χ3n) is 5.84. The van der Waals surface area contributed by atoms with Crippen LogP contribution in [0.5, 0.6) is 0 Å². The number of hydrogen-bond acceptors (Lipinski definition) is 5. The number of nitrogens with one attached hydrogen (secondary N) is 1. The number of H-pyrrole nitrogens is 1. The molecule has 3 atom stereocenters. The number of aromatic amines is 1. The zero-order valence-corrected chi connectivity index (χ0v) is 15.0. The van der Waals surface area contributed by atoms with Gasteiger partial charge in [-0.1, -0.05) is 12.1 Å². The first-order valence-corrected chi connectivity index (χ1v) is 9.20. The van der Waals surface area contributed by atoms with Crippen molar-refractivity contribution < 1.29 is 19.4 Å². The maximum absolute atomic E-state index is 13.1. The van der Waals surface area contributed by atoms with Gasteiger partial charge in [-0.2, -0.15) is 0 Å². The molecule has 1 amide bonds. The monoisotopic (exact) mass is 359 g/mol. The normalized spacial score (nSPS) is 28.5. The van der Waals surface area contributed by atoms with Crippen LogP contribution in [-0.4, -0.2) is 70.5 Å². The van der Waals surface area contributed by atoms with Crippen molar-refractivity contribution in [2.75, 3.05) is 26.9 Å². The van der Waals surface area contributed by atoms with E-state index < -0.39 is 0 Å². The molecule has 26 heavy (non-hydrogen) atoms. The highest BCUT2D eigenvalue weighted by Gasteiger charge is 2.53. The van der Waals surface area contributed by atoms with Gasteiger partial charge in [0.15, 0.2) is 5.82 Å². The Hall–Kier alpha value is -1.96. The number of carbonyl (C=O) groups excluding carboxylic acids is 1. The highest BCUT2D eigenvalue weighted by atomic mass is 16.5. The van der Waals surface area contributed by atoms with Gasteiger partial charge in [-0.25, -0.2) is 4.98 Å². The van der Waals surface area contributed by atoms with Gasteiger partial charge in [-0.05, 0) is 37.8 Å². The van der Waals surface area contributed by atoms with Crippen LogP contribution in [0.2, 0.25) is 0 Å². The topological polar surface area (TPSA) is 87.7 Å². The number of nitrogens with zero attached hydrogens (tertiary/aromatic N) is 2. The minimum Gasteiger partial charge on any atom is -0.394 e. The second kappa shape index (κ2) is 6.98. The summed E-state index contributed by atoms with van der Waals surface area (Å²) in [5.41, 5.74) is 1.35. The molecular weight excluding hydrogens is 334 g/mol. The van der Waals surface area contributed by atoms with E-state index in [2.05, 4.69) is 9.97 Å². The molecule has 2 aliphatic rings. The Morgan fingerprint density at radius 2 is 2.27 bits per heavy atom. The number of likely N-dealkylation sites (tertiary alicyclic amines) is 1. The lowest BCUT2D eigenvalue weighted by Crippen LogP contribution is -2.53. The lowest BCUT2D eigenvalue weighted by atomic mass is 9.79. The first-order valence-electron chi connectivity index (χ1n) is 9.20. The van der Waals surface area contributed by atoms with Crippen LogP contribution in [0.4, 0.5) is 0 Å². The van der Waals surface area contributed by atoms with Crippen LogP contribution in [0, 0.1) is 0 Å². The molecule has 2 fully saturated rings. The molecular formula is C19H25N3O4. The maximum Gasteiger partial charge on any atom is 0.290 e. The van der Waals surface area contributed by atoms with E-state index in [4.69, 9.17) is 14.6 Å². The number of ether oxygens (including phenoxy) is 2. The van der Waals surface area contributed by atoms with Crippen LogP contribution in [0.15, 0.2) is 24.3 Å². The number of para-hydroxylation sites is 2. The molecule has 1 aromatic heterocycles. The number of methoxy groups -OCH3 is 1. The third kappa shape index (κ3) is 2.90. The van der Waals surface area contributed by atoms with Crippen LogP contribution in [-0.2, 0) is 9.47 Å². The number of aromatic nitrogens is 2. The number of fused-ring (bicyclic) bond motifs is 2. The summed E-state index contributed by atoms with van der Waals surface area (Å²) in [7, 11) is 1.73. The van der Waals surface area contributed by atoms with Crippen molar-refractivity contribution in [3.63, 3.8) is 0 Å². The lowest BCUT2D eigenvalue weighted by molar-refractivity contribution is -0.0992. The molecule has 2 N–H and O–H groups in total. The molecule has 1 saturated carbocycles. The van der Waals surface area contributed by atoms with Gasteiger partial charge in [0.1, 0.15) is 0 Å². The fraction of sp³-hybridized carbons (Fsp3) is 0.579. The second-order valence-electron chi connectivity index (χ2n) is 7.13. The van der Waals surface area contributed by atoms with Gasteiger partial charge in [-0.3, -0.25) is 4.79 Å². The van der Waals surface area contributed by atoms with E-state index in [9.17, 15) is 4.79 Å². The Kier molecular flexibility index (Phi) is 4.69. The molecule has 2 heterocycles. The summed E-state index contributed by atoms with van der Waals surface area (Å²) in [6, 6.07) is 7.61. The van der Waals surface area contributed by atoms with Crippen molar-refractivity contribution in [3.05, 3.63) is 30.1 Å². The molecule has 0 unspecified atom stereocenters. The molecule has 0 radical (unpaired) electrons.